The van der Waals surface area contributed by atoms with Gasteiger partial charge < -0.3 is 34.5 Å². The van der Waals surface area contributed by atoms with Crippen LogP contribution in [0.3, 0.4) is 0 Å². The van der Waals surface area contributed by atoms with Gasteiger partial charge in [0, 0.05) is 5.71 Å². The third-order valence-electron chi connectivity index (χ3n) is 4.10. The van der Waals surface area contributed by atoms with Crippen molar-refractivity contribution < 1.29 is 47.6 Å². The summed E-state index contributed by atoms with van der Waals surface area (Å²) in [5, 5.41) is 20.4. The van der Waals surface area contributed by atoms with Gasteiger partial charge in [0.1, 0.15) is 30.7 Å². The Kier molecular flexibility index (Phi) is 5.67. The Balaban J connectivity index is 1.64. The smallest absolute Gasteiger partial charge is 0.387 e. The molecule has 3 heterocycles. The maximum atomic E-state index is 11.5. The Hall–Kier alpha value is -1.05. The first-order valence-corrected chi connectivity index (χ1v) is 10.6. The molecule has 5 N–H and O–H groups in total. The summed E-state index contributed by atoms with van der Waals surface area (Å²) in [6.07, 6.45) is -3.10. The first-order valence-electron chi connectivity index (χ1n) is 7.61. The molecule has 7 atom stereocenters. The van der Waals surface area contributed by atoms with Crippen LogP contribution in [0.25, 0.3) is 0 Å². The van der Waals surface area contributed by atoms with E-state index in [4.69, 9.17) is 14.5 Å². The van der Waals surface area contributed by atoms with Crippen molar-refractivity contribution in [3.63, 3.8) is 0 Å². The number of aliphatic hydroxyl groups excluding tert-OH is 2. The highest BCUT2D eigenvalue weighted by atomic mass is 31.3. The summed E-state index contributed by atoms with van der Waals surface area (Å²) in [7, 11) is -10.4. The van der Waals surface area contributed by atoms with Gasteiger partial charge in [0.15, 0.2) is 12.4 Å². The van der Waals surface area contributed by atoms with E-state index in [9.17, 15) is 24.2 Å². The van der Waals surface area contributed by atoms with Crippen LogP contribution in [0.1, 0.15) is 6.92 Å². The molecule has 0 aromatic rings. The second kappa shape index (κ2) is 7.41. The summed E-state index contributed by atoms with van der Waals surface area (Å²) in [6.45, 7) is 0.992. The number of aliphatic imine (C=N–C) groups is 3. The van der Waals surface area contributed by atoms with Gasteiger partial charge in [-0.2, -0.15) is 4.31 Å². The van der Waals surface area contributed by atoms with Crippen molar-refractivity contribution in [2.45, 2.75) is 43.7 Å². The van der Waals surface area contributed by atoms with Gasteiger partial charge in [-0.3, -0.25) is 9.52 Å². The van der Waals surface area contributed by atoms with Gasteiger partial charge in [0.25, 0.3) is 0 Å². The van der Waals surface area contributed by atoms with Crippen LogP contribution in [0.2, 0.25) is 0 Å². The molecule has 0 aromatic carbocycles. The number of hydrogen-bond acceptors (Lipinski definition) is 11. The number of ether oxygens (including phenoxy) is 1. The molecule has 0 aromatic heterocycles. The summed E-state index contributed by atoms with van der Waals surface area (Å²) in [4.78, 5) is 40.3. The van der Waals surface area contributed by atoms with Crippen LogP contribution in [0.15, 0.2) is 15.0 Å². The fourth-order valence-electron chi connectivity index (χ4n) is 2.86. The minimum Gasteiger partial charge on any atom is -0.387 e. The predicted molar refractivity (Wildman–Crippen MR) is 89.1 cm³/mol. The summed E-state index contributed by atoms with van der Waals surface area (Å²) in [5.41, 5.74) is 0.706. The van der Waals surface area contributed by atoms with Crippen molar-refractivity contribution in [3.8, 4) is 0 Å². The Morgan fingerprint density at radius 1 is 1.22 bits per heavy atom. The molecule has 1 unspecified atom stereocenters. The molecule has 1 fully saturated rings. The molecular weight excluding hydrogens is 410 g/mol. The molecule has 14 nitrogen and oxygen atoms in total. The van der Waals surface area contributed by atoms with Crippen molar-refractivity contribution in [2.24, 2.45) is 15.0 Å². The molecule has 1 saturated heterocycles. The Morgan fingerprint density at radius 3 is 2.59 bits per heavy atom. The van der Waals surface area contributed by atoms with E-state index >= 15 is 0 Å². The van der Waals surface area contributed by atoms with Crippen molar-refractivity contribution >= 4 is 34.0 Å². The van der Waals surface area contributed by atoms with Crippen molar-refractivity contribution in [3.05, 3.63) is 0 Å². The second-order valence-corrected chi connectivity index (χ2v) is 8.82. The Morgan fingerprint density at radius 2 is 1.93 bits per heavy atom. The standard InChI is InChI=1S/C11H18N4O10P2/c1-5-7-10(13-3-12-5)15(4-14-7)11-9(17)8(16)6(24-11)2-23-27(21,22)25-26(18,19)20/h3-4,6-11,16-17H,2H2,1H3,(H,21,22)(H2,18,19,20)/t6-,7-,8-,9-,10-,11-/m0/s1. The van der Waals surface area contributed by atoms with E-state index in [0.717, 1.165) is 0 Å². The van der Waals surface area contributed by atoms with E-state index in [0.29, 0.717) is 5.71 Å². The molecule has 27 heavy (non-hydrogen) atoms. The molecule has 3 aliphatic heterocycles. The first kappa shape index (κ1) is 20.7. The molecular formula is C11H18N4O10P2. The largest absolute Gasteiger partial charge is 0.481 e. The summed E-state index contributed by atoms with van der Waals surface area (Å²) in [6, 6.07) is -0.368. The molecule has 0 aliphatic carbocycles. The summed E-state index contributed by atoms with van der Waals surface area (Å²) >= 11 is 0. The lowest BCUT2D eigenvalue weighted by Gasteiger charge is -2.31. The monoisotopic (exact) mass is 428 g/mol. The second-order valence-electron chi connectivity index (χ2n) is 5.99. The van der Waals surface area contributed by atoms with Crippen LogP contribution in [0.4, 0.5) is 0 Å². The van der Waals surface area contributed by atoms with Crippen LogP contribution < -0.4 is 0 Å². The third kappa shape index (κ3) is 4.51. The number of rotatable bonds is 6. The molecule has 0 radical (unpaired) electrons. The maximum Gasteiger partial charge on any atom is 0.481 e. The minimum absolute atomic E-state index is 0.368. The van der Waals surface area contributed by atoms with Crippen LogP contribution in [-0.4, -0.2) is 91.5 Å². The van der Waals surface area contributed by atoms with E-state index in [1.165, 1.54) is 17.6 Å². The quantitative estimate of drug-likeness (QED) is 0.299. The topological polar surface area (TPSA) is 203 Å². The lowest BCUT2D eigenvalue weighted by Crippen LogP contribution is -2.50. The fraction of sp³-hybridized carbons (Fsp3) is 0.727. The molecule has 152 valence electrons. The zero-order valence-electron chi connectivity index (χ0n) is 13.8. The number of aliphatic hydroxyl groups is 2. The van der Waals surface area contributed by atoms with E-state index in [2.05, 4.69) is 23.8 Å². The van der Waals surface area contributed by atoms with Gasteiger partial charge in [0.05, 0.1) is 12.9 Å². The first-order chi connectivity index (χ1) is 12.5. The van der Waals surface area contributed by atoms with Crippen LogP contribution in [-0.2, 0) is 22.7 Å². The normalized spacial score (nSPS) is 38.0. The van der Waals surface area contributed by atoms with E-state index in [1.807, 2.05) is 0 Å². The van der Waals surface area contributed by atoms with Crippen molar-refractivity contribution in [1.82, 2.24) is 4.90 Å². The number of phosphoric acid groups is 2. The fourth-order valence-corrected chi connectivity index (χ4v) is 4.46. The minimum atomic E-state index is -5.27. The van der Waals surface area contributed by atoms with Crippen LogP contribution >= 0.6 is 15.6 Å². The van der Waals surface area contributed by atoms with E-state index in [-0.39, 0.29) is 6.04 Å². The highest BCUT2D eigenvalue weighted by Crippen LogP contribution is 2.57. The predicted octanol–water partition coefficient (Wildman–Crippen LogP) is -1.80. The number of phosphoric ester groups is 1. The number of hydrogen-bond donors (Lipinski definition) is 5. The van der Waals surface area contributed by atoms with Gasteiger partial charge in [-0.25, -0.2) is 19.1 Å². The zero-order chi connectivity index (χ0) is 20.0. The van der Waals surface area contributed by atoms with Gasteiger partial charge in [-0.05, 0) is 6.92 Å². The van der Waals surface area contributed by atoms with Gasteiger partial charge in [0.2, 0.25) is 0 Å². The van der Waals surface area contributed by atoms with E-state index in [1.54, 1.807) is 6.92 Å². The SMILES string of the molecule is CC1=NC=N[C@@H]2[C@H]1N=CN2[C@H]1O[C@@H](COP(=O)(O)OP(=O)(O)O)[C@H](O)[C@@H]1O. The van der Waals surface area contributed by atoms with Crippen LogP contribution in [0.5, 0.6) is 0 Å². The molecule has 3 aliphatic rings. The van der Waals surface area contributed by atoms with Gasteiger partial charge in [-0.1, -0.05) is 0 Å². The maximum absolute atomic E-state index is 11.5. The molecule has 0 saturated carbocycles. The van der Waals surface area contributed by atoms with Crippen molar-refractivity contribution in [1.29, 1.82) is 0 Å². The number of nitrogens with zero attached hydrogens (tertiary/aromatic N) is 4. The van der Waals surface area contributed by atoms with Crippen molar-refractivity contribution in [2.75, 3.05) is 6.61 Å². The van der Waals surface area contributed by atoms with Gasteiger partial charge in [-0.15, -0.1) is 0 Å². The highest BCUT2D eigenvalue weighted by molar-refractivity contribution is 7.60. The highest BCUT2D eigenvalue weighted by Gasteiger charge is 2.50. The third-order valence-corrected chi connectivity index (χ3v) is 6.25. The van der Waals surface area contributed by atoms with Crippen LogP contribution in [0, 0.1) is 0 Å². The summed E-state index contributed by atoms with van der Waals surface area (Å²) < 4.78 is 35.7. The number of fused-ring (bicyclic) bond motifs is 1. The molecule has 0 amide bonds. The Labute approximate surface area is 152 Å². The molecule has 16 heteroatoms. The molecule has 3 rings (SSSR count). The summed E-state index contributed by atoms with van der Waals surface area (Å²) in [5.74, 6) is 0. The lowest BCUT2D eigenvalue weighted by atomic mass is 10.1. The Bertz CT molecular complexity index is 768. The average Bonchev–Trinajstić information content (AvgIpc) is 3.07. The molecule has 0 spiro atoms. The zero-order valence-corrected chi connectivity index (χ0v) is 15.6. The average molecular weight is 428 g/mol. The van der Waals surface area contributed by atoms with E-state index < -0.39 is 53.0 Å². The molecule has 0 bridgehead atoms. The van der Waals surface area contributed by atoms with Gasteiger partial charge >= 0.3 is 15.6 Å². The lowest BCUT2D eigenvalue weighted by molar-refractivity contribution is -0.0770.